The molecular weight excluding hydrogens is 452 g/mol. The second kappa shape index (κ2) is 20.5. The summed E-state index contributed by atoms with van der Waals surface area (Å²) < 4.78 is 5.80. The van der Waals surface area contributed by atoms with E-state index in [4.69, 9.17) is 15.9 Å². The molecule has 2 aromatic heterocycles. The van der Waals surface area contributed by atoms with Crippen LogP contribution in [0.15, 0.2) is 53.9 Å². The number of nitrogens with two attached hydrogens (primary N) is 1. The Bertz CT molecular complexity index is 907. The molecule has 35 heavy (non-hydrogen) atoms. The van der Waals surface area contributed by atoms with Gasteiger partial charge in [-0.1, -0.05) is 77.4 Å². The summed E-state index contributed by atoms with van der Waals surface area (Å²) in [7, 11) is 0. The molecule has 0 unspecified atom stereocenters. The maximum Gasteiger partial charge on any atom is 0.217 e. The molecule has 0 atom stereocenters. The number of nitrogens with zero attached hydrogens (tertiary/aromatic N) is 2. The number of hydrogen-bond donors (Lipinski definition) is 2. The van der Waals surface area contributed by atoms with Crippen LogP contribution < -0.4 is 15.4 Å². The lowest BCUT2D eigenvalue weighted by Crippen LogP contribution is -2.25. The molecule has 0 saturated carbocycles. The number of rotatable bonds is 10. The summed E-state index contributed by atoms with van der Waals surface area (Å²) in [5.41, 5.74) is 9.21. The number of ether oxygens (including phenoxy) is 1. The molecule has 0 aliphatic rings. The van der Waals surface area contributed by atoms with Crippen LogP contribution in [0.4, 0.5) is 11.5 Å². The quantitative estimate of drug-likeness (QED) is 0.277. The zero-order chi connectivity index (χ0) is 26.5. The molecule has 0 bridgehead atoms. The van der Waals surface area contributed by atoms with Gasteiger partial charge in [0.15, 0.2) is 0 Å². The van der Waals surface area contributed by atoms with E-state index in [9.17, 15) is 0 Å². The summed E-state index contributed by atoms with van der Waals surface area (Å²) in [6.07, 6.45) is 4.47. The first-order chi connectivity index (χ1) is 17.0. The minimum absolute atomic E-state index is 0.515. The van der Waals surface area contributed by atoms with E-state index in [2.05, 4.69) is 41.2 Å². The molecule has 3 N–H and O–H groups in total. The van der Waals surface area contributed by atoms with Gasteiger partial charge in [0.05, 0.1) is 6.61 Å². The van der Waals surface area contributed by atoms with Crippen molar-refractivity contribution in [2.24, 2.45) is 0 Å². The van der Waals surface area contributed by atoms with Crippen LogP contribution in [0.3, 0.4) is 0 Å². The predicted molar refractivity (Wildman–Crippen MR) is 157 cm³/mol. The highest BCUT2D eigenvalue weighted by molar-refractivity contribution is 7.09. The van der Waals surface area contributed by atoms with Gasteiger partial charge in [-0.25, -0.2) is 0 Å². The minimum atomic E-state index is 0.515. The number of thiophene rings is 1. The maximum absolute atomic E-state index is 6.92. The van der Waals surface area contributed by atoms with E-state index in [-0.39, 0.29) is 0 Å². The highest BCUT2D eigenvalue weighted by Gasteiger charge is 2.09. The molecule has 0 fully saturated rings. The van der Waals surface area contributed by atoms with Gasteiger partial charge in [-0.15, -0.1) is 11.3 Å². The van der Waals surface area contributed by atoms with Gasteiger partial charge in [-0.2, -0.15) is 4.98 Å². The van der Waals surface area contributed by atoms with Gasteiger partial charge in [0.1, 0.15) is 5.82 Å². The highest BCUT2D eigenvalue weighted by atomic mass is 32.1. The molecule has 3 rings (SSSR count). The lowest BCUT2D eigenvalue weighted by molar-refractivity contribution is 0.311. The van der Waals surface area contributed by atoms with Crippen molar-refractivity contribution in [1.82, 2.24) is 4.98 Å². The number of hydrogen-bond acceptors (Lipinski definition) is 6. The van der Waals surface area contributed by atoms with E-state index in [1.165, 1.54) is 16.7 Å². The van der Waals surface area contributed by atoms with Crippen LogP contribution in [-0.4, -0.2) is 30.9 Å². The van der Waals surface area contributed by atoms with Crippen molar-refractivity contribution < 1.29 is 4.74 Å². The third kappa shape index (κ3) is 13.6. The number of pyridine rings is 1. The van der Waals surface area contributed by atoms with Crippen LogP contribution in [0, 0.1) is 12.3 Å². The van der Waals surface area contributed by atoms with Gasteiger partial charge in [0.25, 0.3) is 0 Å². The van der Waals surface area contributed by atoms with Crippen LogP contribution in [0.2, 0.25) is 0 Å². The van der Waals surface area contributed by atoms with Gasteiger partial charge < -0.3 is 20.8 Å². The van der Waals surface area contributed by atoms with Gasteiger partial charge >= 0.3 is 0 Å². The van der Waals surface area contributed by atoms with Crippen molar-refractivity contribution in [2.75, 3.05) is 30.3 Å². The molecule has 0 aliphatic carbocycles. The van der Waals surface area contributed by atoms with E-state index >= 15 is 0 Å². The van der Waals surface area contributed by atoms with Gasteiger partial charge in [-0.05, 0) is 36.8 Å². The first kappa shape index (κ1) is 32.1. The van der Waals surface area contributed by atoms with Gasteiger partial charge in [0, 0.05) is 48.4 Å². The number of aryl methyl sites for hydroxylation is 1. The molecule has 1 aromatic carbocycles. The molecule has 3 aromatic rings. The molecule has 2 heterocycles. The molecular formula is C29H46N4OS. The van der Waals surface area contributed by atoms with Crippen molar-refractivity contribution in [3.63, 3.8) is 0 Å². The first-order valence-corrected chi connectivity index (χ1v) is 13.7. The van der Waals surface area contributed by atoms with Crippen molar-refractivity contribution in [2.45, 2.75) is 67.7 Å². The van der Waals surface area contributed by atoms with Crippen LogP contribution in [0.25, 0.3) is 0 Å². The second-order valence-corrected chi connectivity index (χ2v) is 8.34. The first-order valence-electron chi connectivity index (χ1n) is 12.8. The van der Waals surface area contributed by atoms with Gasteiger partial charge in [-0.3, -0.25) is 0 Å². The van der Waals surface area contributed by atoms with Crippen LogP contribution in [-0.2, 0) is 6.42 Å². The van der Waals surface area contributed by atoms with E-state index in [0.29, 0.717) is 18.3 Å². The zero-order valence-electron chi connectivity index (χ0n) is 22.8. The molecule has 194 valence electrons. The van der Waals surface area contributed by atoms with Crippen molar-refractivity contribution >= 4 is 29.1 Å². The Labute approximate surface area is 217 Å². The zero-order valence-corrected chi connectivity index (χ0v) is 23.6. The molecule has 0 spiro atoms. The number of nitrogen functional groups attached to an aromatic ring is 1. The third-order valence-corrected chi connectivity index (χ3v) is 5.48. The monoisotopic (exact) mass is 498 g/mol. The normalized spacial score (nSPS) is 9.34. The van der Waals surface area contributed by atoms with E-state index < -0.39 is 0 Å². The van der Waals surface area contributed by atoms with E-state index in [1.54, 1.807) is 11.3 Å². The fraction of sp³-hybridized carbons (Fsp3) is 0.448. The van der Waals surface area contributed by atoms with Crippen LogP contribution in [0.5, 0.6) is 5.88 Å². The molecule has 0 saturated heterocycles. The topological polar surface area (TPSA) is 75.2 Å². The van der Waals surface area contributed by atoms with Gasteiger partial charge in [0.2, 0.25) is 5.88 Å². The summed E-state index contributed by atoms with van der Waals surface area (Å²) in [6.45, 7) is 17.1. The fourth-order valence-electron chi connectivity index (χ4n) is 3.15. The Morgan fingerprint density at radius 1 is 1.00 bits per heavy atom. The van der Waals surface area contributed by atoms with E-state index in [0.717, 1.165) is 43.6 Å². The van der Waals surface area contributed by atoms with Crippen molar-refractivity contribution in [3.05, 3.63) is 69.9 Å². The summed E-state index contributed by atoms with van der Waals surface area (Å²) in [6, 6.07) is 16.0. The van der Waals surface area contributed by atoms with Crippen LogP contribution in [0.1, 0.15) is 70.4 Å². The largest absolute Gasteiger partial charge is 0.477 e. The summed E-state index contributed by atoms with van der Waals surface area (Å²) in [4.78, 5) is 7.95. The minimum Gasteiger partial charge on any atom is -0.477 e. The summed E-state index contributed by atoms with van der Waals surface area (Å²) in [5, 5.41) is 9.00. The predicted octanol–water partition coefficient (Wildman–Crippen LogP) is 8.02. The smallest absolute Gasteiger partial charge is 0.217 e. The lowest BCUT2D eigenvalue weighted by atomic mass is 10.2. The lowest BCUT2D eigenvalue weighted by Gasteiger charge is -2.24. The van der Waals surface area contributed by atoms with Crippen molar-refractivity contribution in [1.29, 1.82) is 5.41 Å². The number of anilines is 2. The fourth-order valence-corrected chi connectivity index (χ4v) is 3.84. The highest BCUT2D eigenvalue weighted by Crippen LogP contribution is 2.23. The molecule has 0 radical (unpaired) electrons. The Hall–Kier alpha value is -2.86. The molecule has 0 amide bonds. The van der Waals surface area contributed by atoms with E-state index in [1.807, 2.05) is 71.0 Å². The maximum atomic E-state index is 6.92. The second-order valence-electron chi connectivity index (χ2n) is 7.31. The average Bonchev–Trinajstić information content (AvgIpc) is 3.40. The number of aromatic nitrogens is 1. The molecule has 6 heteroatoms. The Morgan fingerprint density at radius 2 is 1.69 bits per heavy atom. The Morgan fingerprint density at radius 3 is 2.20 bits per heavy atom. The SMILES string of the molecule is CC.CC.CCCN(CCC)c1cc(N)nc(OCCc2cccs2)c1.Cc1cccc(C=N)c1. The standard InChI is InChI=1S/C17H25N3OS.C8H9N.2C2H6/c1-3-8-20(9-4-2)14-12-16(18)19-17(13-14)21-10-7-15-6-5-11-22-15;1-7-3-2-4-8(5-7)6-9;2*1-2/h5-6,11-13H,3-4,7-10H2,1-2H3,(H2,18,19);2-6,9H,1H3;2*1-2H3. The third-order valence-electron chi connectivity index (χ3n) is 4.55. The van der Waals surface area contributed by atoms with Crippen molar-refractivity contribution in [3.8, 4) is 5.88 Å². The Balaban J connectivity index is 0.000000740. The Kier molecular flexibility index (Phi) is 18.8. The molecule has 0 aliphatic heterocycles. The summed E-state index contributed by atoms with van der Waals surface area (Å²) in [5.74, 6) is 1.13. The van der Waals surface area contributed by atoms with Crippen LogP contribution >= 0.6 is 11.3 Å². The summed E-state index contributed by atoms with van der Waals surface area (Å²) >= 11 is 1.75. The average molecular weight is 499 g/mol. The number of benzene rings is 1. The molecule has 5 nitrogen and oxygen atoms in total. The number of nitrogens with one attached hydrogen (secondary N) is 1.